The monoisotopic (exact) mass is 281 g/mol. The molecule has 1 amide bonds. The predicted molar refractivity (Wildman–Crippen MR) is 75.2 cm³/mol. The van der Waals surface area contributed by atoms with E-state index in [-0.39, 0.29) is 5.91 Å². The number of halogens is 1. The largest absolute Gasteiger partial charge is 0.380 e. The maximum Gasteiger partial charge on any atom is 0.221 e. The fourth-order valence-electron chi connectivity index (χ4n) is 1.46. The number of benzene rings is 1. The summed E-state index contributed by atoms with van der Waals surface area (Å²) >= 11 is 7.20. The molecule has 0 aliphatic heterocycles. The molecule has 0 saturated heterocycles. The first-order valence-electron chi connectivity index (χ1n) is 5.35. The molecule has 2 N–H and O–H groups in total. The molecule has 0 saturated carbocycles. The minimum absolute atomic E-state index is 0.0820. The first-order valence-corrected chi connectivity index (χ1v) is 6.54. The third-order valence-electron chi connectivity index (χ3n) is 2.18. The number of hydrogen-bond acceptors (Lipinski definition) is 4. The Morgan fingerprint density at radius 3 is 2.89 bits per heavy atom. The highest BCUT2D eigenvalue weighted by atomic mass is 35.5. The second-order valence-electron chi connectivity index (χ2n) is 3.70. The van der Waals surface area contributed by atoms with E-state index in [0.29, 0.717) is 11.0 Å². The van der Waals surface area contributed by atoms with E-state index in [2.05, 4.69) is 15.6 Å². The zero-order chi connectivity index (χ0) is 13.0. The fraction of sp³-hybridized carbons (Fsp3) is 0.167. The minimum Gasteiger partial charge on any atom is -0.380 e. The van der Waals surface area contributed by atoms with Crippen molar-refractivity contribution in [3.63, 3.8) is 0 Å². The van der Waals surface area contributed by atoms with Crippen LogP contribution in [0.25, 0.3) is 0 Å². The van der Waals surface area contributed by atoms with Crippen LogP contribution in [0.15, 0.2) is 30.5 Å². The molecule has 0 aliphatic rings. The number of carbonyl (C=O) groups excluding carboxylic acids is 1. The van der Waals surface area contributed by atoms with Crippen molar-refractivity contribution in [1.29, 1.82) is 0 Å². The molecule has 0 atom stereocenters. The van der Waals surface area contributed by atoms with Crippen molar-refractivity contribution in [2.45, 2.75) is 13.5 Å². The summed E-state index contributed by atoms with van der Waals surface area (Å²) in [6.45, 7) is 2.15. The summed E-state index contributed by atoms with van der Waals surface area (Å²) in [5.74, 6) is -0.0820. The van der Waals surface area contributed by atoms with Crippen LogP contribution in [0.4, 0.5) is 11.4 Å². The van der Waals surface area contributed by atoms with Crippen LogP contribution < -0.4 is 10.6 Å². The van der Waals surface area contributed by atoms with Crippen LogP contribution in [-0.4, -0.2) is 10.9 Å². The molecular weight excluding hydrogens is 270 g/mol. The van der Waals surface area contributed by atoms with Crippen molar-refractivity contribution >= 4 is 40.2 Å². The number of hydrogen-bond donors (Lipinski definition) is 2. The van der Waals surface area contributed by atoms with Crippen LogP contribution in [0.3, 0.4) is 0 Å². The Balaban J connectivity index is 1.98. The van der Waals surface area contributed by atoms with E-state index in [4.69, 9.17) is 11.6 Å². The van der Waals surface area contributed by atoms with Crippen molar-refractivity contribution in [3.8, 4) is 0 Å². The number of carbonyl (C=O) groups is 1. The molecule has 0 spiro atoms. The summed E-state index contributed by atoms with van der Waals surface area (Å²) in [6.07, 6.45) is 1.75. The quantitative estimate of drug-likeness (QED) is 0.903. The Labute approximate surface area is 114 Å². The SMILES string of the molecule is CC(=O)Nc1cccc(NCc2cnc(Cl)s2)c1. The van der Waals surface area contributed by atoms with Crippen molar-refractivity contribution in [2.24, 2.45) is 0 Å². The van der Waals surface area contributed by atoms with Gasteiger partial charge in [0, 0.05) is 29.4 Å². The zero-order valence-electron chi connectivity index (χ0n) is 9.74. The van der Waals surface area contributed by atoms with Gasteiger partial charge in [-0.2, -0.15) is 0 Å². The van der Waals surface area contributed by atoms with Gasteiger partial charge in [-0.1, -0.05) is 17.7 Å². The van der Waals surface area contributed by atoms with Gasteiger partial charge < -0.3 is 10.6 Å². The van der Waals surface area contributed by atoms with E-state index in [9.17, 15) is 4.79 Å². The normalized spacial score (nSPS) is 10.1. The van der Waals surface area contributed by atoms with E-state index in [0.717, 1.165) is 16.3 Å². The van der Waals surface area contributed by atoms with E-state index in [1.54, 1.807) is 6.20 Å². The lowest BCUT2D eigenvalue weighted by Gasteiger charge is -2.07. The smallest absolute Gasteiger partial charge is 0.221 e. The second-order valence-corrected chi connectivity index (χ2v) is 5.39. The molecular formula is C12H12ClN3OS. The predicted octanol–water partition coefficient (Wildman–Crippen LogP) is 3.37. The zero-order valence-corrected chi connectivity index (χ0v) is 11.3. The highest BCUT2D eigenvalue weighted by Crippen LogP contribution is 2.20. The van der Waals surface area contributed by atoms with E-state index in [1.807, 2.05) is 24.3 Å². The molecule has 0 aliphatic carbocycles. The molecule has 1 aromatic heterocycles. The lowest BCUT2D eigenvalue weighted by atomic mass is 10.2. The van der Waals surface area contributed by atoms with Crippen LogP contribution in [0.1, 0.15) is 11.8 Å². The number of aromatic nitrogens is 1. The molecule has 2 rings (SSSR count). The molecule has 0 radical (unpaired) electrons. The average Bonchev–Trinajstić information content (AvgIpc) is 2.72. The second kappa shape index (κ2) is 5.84. The molecule has 18 heavy (non-hydrogen) atoms. The molecule has 1 heterocycles. The standard InChI is InChI=1S/C12H12ClN3OS/c1-8(17)16-10-4-2-3-9(5-10)14-6-11-7-15-12(13)18-11/h2-5,7,14H,6H2,1H3,(H,16,17). The summed E-state index contributed by atoms with van der Waals surface area (Å²) < 4.78 is 0.541. The van der Waals surface area contributed by atoms with Crippen molar-refractivity contribution in [1.82, 2.24) is 4.98 Å². The third-order valence-corrected chi connectivity index (χ3v) is 3.29. The number of nitrogens with one attached hydrogen (secondary N) is 2. The van der Waals surface area contributed by atoms with Gasteiger partial charge in [-0.3, -0.25) is 4.79 Å². The van der Waals surface area contributed by atoms with Crippen molar-refractivity contribution in [3.05, 3.63) is 39.8 Å². The van der Waals surface area contributed by atoms with E-state index >= 15 is 0 Å². The van der Waals surface area contributed by atoms with Gasteiger partial charge in [0.15, 0.2) is 4.47 Å². The fourth-order valence-corrected chi connectivity index (χ4v) is 2.38. The van der Waals surface area contributed by atoms with Crippen molar-refractivity contribution in [2.75, 3.05) is 10.6 Å². The number of anilines is 2. The van der Waals surface area contributed by atoms with E-state index < -0.39 is 0 Å². The Bertz CT molecular complexity index is 556. The summed E-state index contributed by atoms with van der Waals surface area (Å²) in [4.78, 5) is 16.0. The van der Waals surface area contributed by atoms with Gasteiger partial charge in [0.2, 0.25) is 5.91 Å². The molecule has 4 nitrogen and oxygen atoms in total. The van der Waals surface area contributed by atoms with E-state index in [1.165, 1.54) is 18.3 Å². The minimum atomic E-state index is -0.0820. The van der Waals surface area contributed by atoms with Gasteiger partial charge in [-0.25, -0.2) is 4.98 Å². The molecule has 6 heteroatoms. The molecule has 0 bridgehead atoms. The lowest BCUT2D eigenvalue weighted by Crippen LogP contribution is -2.06. The van der Waals surface area contributed by atoms with Crippen LogP contribution in [0.5, 0.6) is 0 Å². The Hall–Kier alpha value is -1.59. The van der Waals surface area contributed by atoms with Gasteiger partial charge >= 0.3 is 0 Å². The van der Waals surface area contributed by atoms with Gasteiger partial charge in [0.25, 0.3) is 0 Å². The summed E-state index contributed by atoms with van der Waals surface area (Å²) in [5.41, 5.74) is 1.71. The number of rotatable bonds is 4. The van der Waals surface area contributed by atoms with Crippen LogP contribution in [0, 0.1) is 0 Å². The highest BCUT2D eigenvalue weighted by molar-refractivity contribution is 7.15. The van der Waals surface area contributed by atoms with Crippen LogP contribution in [-0.2, 0) is 11.3 Å². The Morgan fingerprint density at radius 1 is 1.44 bits per heavy atom. The summed E-state index contributed by atoms with van der Waals surface area (Å²) in [7, 11) is 0. The maximum atomic E-state index is 11.0. The first kappa shape index (κ1) is 12.9. The van der Waals surface area contributed by atoms with Crippen LogP contribution in [0.2, 0.25) is 4.47 Å². The lowest BCUT2D eigenvalue weighted by molar-refractivity contribution is -0.114. The molecule has 94 valence electrons. The average molecular weight is 282 g/mol. The molecule has 1 aromatic carbocycles. The highest BCUT2D eigenvalue weighted by Gasteiger charge is 2.01. The van der Waals surface area contributed by atoms with Gasteiger partial charge in [0.1, 0.15) is 0 Å². The Morgan fingerprint density at radius 2 is 2.22 bits per heavy atom. The third kappa shape index (κ3) is 3.72. The summed E-state index contributed by atoms with van der Waals surface area (Å²) in [6, 6.07) is 7.54. The summed E-state index contributed by atoms with van der Waals surface area (Å²) in [5, 5.41) is 5.99. The van der Waals surface area contributed by atoms with Crippen molar-refractivity contribution < 1.29 is 4.79 Å². The van der Waals surface area contributed by atoms with Gasteiger partial charge in [-0.05, 0) is 18.2 Å². The first-order chi connectivity index (χ1) is 8.63. The molecule has 0 fully saturated rings. The van der Waals surface area contributed by atoms with Gasteiger partial charge in [-0.15, -0.1) is 11.3 Å². The number of thiazole rings is 1. The number of nitrogens with zero attached hydrogens (tertiary/aromatic N) is 1. The number of amides is 1. The molecule has 2 aromatic rings. The molecule has 0 unspecified atom stereocenters. The topological polar surface area (TPSA) is 54.0 Å². The van der Waals surface area contributed by atoms with Gasteiger partial charge in [0.05, 0.1) is 6.54 Å². The maximum absolute atomic E-state index is 11.0. The Kier molecular flexibility index (Phi) is 4.17. The van der Waals surface area contributed by atoms with Crippen LogP contribution >= 0.6 is 22.9 Å².